The number of benzene rings is 2. The zero-order valence-electron chi connectivity index (χ0n) is 21.0. The summed E-state index contributed by atoms with van der Waals surface area (Å²) >= 11 is 0. The molecule has 2 N–H and O–H groups in total. The number of likely N-dealkylation sites (tertiary alicyclic amines) is 1. The number of fused-ring (bicyclic) bond motifs is 2. The maximum absolute atomic E-state index is 13.9. The second-order valence-corrected chi connectivity index (χ2v) is 10.2. The number of likely N-dealkylation sites (N-methyl/N-ethyl adjacent to an activating group) is 1. The molecule has 2 aromatic carbocycles. The fourth-order valence-corrected chi connectivity index (χ4v) is 5.43. The van der Waals surface area contributed by atoms with Gasteiger partial charge >= 0.3 is 6.09 Å². The molecule has 1 heterocycles. The molecule has 0 bridgehead atoms. The number of nitrogens with two attached hydrogens (primary N) is 1. The molecule has 3 atom stereocenters. The van der Waals surface area contributed by atoms with Gasteiger partial charge in [0.2, 0.25) is 11.8 Å². The van der Waals surface area contributed by atoms with Crippen molar-refractivity contribution in [3.63, 3.8) is 0 Å². The van der Waals surface area contributed by atoms with E-state index in [-0.39, 0.29) is 37.7 Å². The Morgan fingerprint density at radius 2 is 1.78 bits per heavy atom. The average molecular weight is 492 g/mol. The van der Waals surface area contributed by atoms with Crippen LogP contribution in [0.5, 0.6) is 0 Å². The van der Waals surface area contributed by atoms with Crippen LogP contribution >= 0.6 is 0 Å². The highest BCUT2D eigenvalue weighted by molar-refractivity contribution is 6.01. The first-order valence-electron chi connectivity index (χ1n) is 12.3. The molecule has 1 fully saturated rings. The maximum atomic E-state index is 13.9. The van der Waals surface area contributed by atoms with E-state index in [1.807, 2.05) is 68.4 Å². The molecule has 1 saturated heterocycles. The van der Waals surface area contributed by atoms with Gasteiger partial charge in [-0.1, -0.05) is 68.4 Å². The van der Waals surface area contributed by atoms with E-state index >= 15 is 0 Å². The summed E-state index contributed by atoms with van der Waals surface area (Å²) in [5.41, 5.74) is 7.39. The van der Waals surface area contributed by atoms with Gasteiger partial charge in [-0.2, -0.15) is 0 Å². The minimum absolute atomic E-state index is 0.0127. The van der Waals surface area contributed by atoms with Gasteiger partial charge in [0.05, 0.1) is 5.41 Å². The van der Waals surface area contributed by atoms with Crippen LogP contribution in [-0.4, -0.2) is 59.2 Å². The average Bonchev–Trinajstić information content (AvgIpc) is 3.40. The minimum atomic E-state index is -0.958. The van der Waals surface area contributed by atoms with Gasteiger partial charge in [0.15, 0.2) is 0 Å². The Morgan fingerprint density at radius 3 is 2.44 bits per heavy atom. The first-order valence-corrected chi connectivity index (χ1v) is 12.3. The summed E-state index contributed by atoms with van der Waals surface area (Å²) in [5.74, 6) is -0.988. The van der Waals surface area contributed by atoms with Crippen LogP contribution in [0.2, 0.25) is 0 Å². The third kappa shape index (κ3) is 4.72. The maximum Gasteiger partial charge on any atom is 0.410 e. The van der Waals surface area contributed by atoms with Crippen LogP contribution < -0.4 is 5.73 Å². The number of carbonyl (C=O) groups is 4. The van der Waals surface area contributed by atoms with Crippen LogP contribution in [0.15, 0.2) is 54.6 Å². The Hall–Kier alpha value is -3.68. The Morgan fingerprint density at radius 1 is 1.11 bits per heavy atom. The standard InChI is InChI=1S/C28H33N3O5/c1-18(2)13-22(30(3)27(35)36-16-19-9-5-4-6-10-19)26(34)31-17-28(15-23(31)25(29)33)21-12-8-7-11-20(21)14-24(28)32/h4-12,18,22-23H,13-17H2,1-3H3,(H2,29,33)/t22-,23-,28-/m0/s1. The van der Waals surface area contributed by atoms with Crippen molar-refractivity contribution in [1.82, 2.24) is 9.80 Å². The second kappa shape index (κ2) is 10.1. The van der Waals surface area contributed by atoms with Gasteiger partial charge in [0, 0.05) is 20.0 Å². The van der Waals surface area contributed by atoms with Gasteiger partial charge in [0.25, 0.3) is 0 Å². The molecule has 190 valence electrons. The highest BCUT2D eigenvalue weighted by atomic mass is 16.6. The predicted octanol–water partition coefficient (Wildman–Crippen LogP) is 2.82. The summed E-state index contributed by atoms with van der Waals surface area (Å²) in [5, 5.41) is 0. The molecule has 1 spiro atoms. The van der Waals surface area contributed by atoms with E-state index in [1.54, 1.807) is 0 Å². The summed E-state index contributed by atoms with van der Waals surface area (Å²) in [6.45, 7) is 4.06. The van der Waals surface area contributed by atoms with Crippen molar-refractivity contribution in [3.8, 4) is 0 Å². The van der Waals surface area contributed by atoms with Crippen molar-refractivity contribution < 1.29 is 23.9 Å². The lowest BCUT2D eigenvalue weighted by molar-refractivity contribution is -0.141. The molecule has 1 aliphatic carbocycles. The molecular weight excluding hydrogens is 458 g/mol. The number of hydrogen-bond acceptors (Lipinski definition) is 5. The molecule has 8 nitrogen and oxygen atoms in total. The molecule has 0 unspecified atom stereocenters. The number of amides is 3. The van der Waals surface area contributed by atoms with Gasteiger partial charge in [-0.05, 0) is 35.4 Å². The van der Waals surface area contributed by atoms with E-state index in [0.717, 1.165) is 16.7 Å². The predicted molar refractivity (Wildman–Crippen MR) is 134 cm³/mol. The van der Waals surface area contributed by atoms with Crippen molar-refractivity contribution in [3.05, 3.63) is 71.3 Å². The van der Waals surface area contributed by atoms with Crippen LogP contribution in [0.25, 0.3) is 0 Å². The summed E-state index contributed by atoms with van der Waals surface area (Å²) in [6, 6.07) is 15.0. The third-order valence-electron chi connectivity index (χ3n) is 7.33. The lowest BCUT2D eigenvalue weighted by Crippen LogP contribution is -2.54. The molecule has 36 heavy (non-hydrogen) atoms. The van der Waals surface area contributed by atoms with Gasteiger partial charge < -0.3 is 15.4 Å². The largest absolute Gasteiger partial charge is 0.445 e. The first kappa shape index (κ1) is 25.4. The third-order valence-corrected chi connectivity index (χ3v) is 7.33. The summed E-state index contributed by atoms with van der Waals surface area (Å²) < 4.78 is 5.47. The topological polar surface area (TPSA) is 110 Å². The minimum Gasteiger partial charge on any atom is -0.445 e. The number of primary amides is 1. The van der Waals surface area contributed by atoms with E-state index in [1.165, 1.54) is 16.8 Å². The number of hydrogen-bond donors (Lipinski definition) is 1. The monoisotopic (exact) mass is 491 g/mol. The van der Waals surface area contributed by atoms with E-state index in [0.29, 0.717) is 6.42 Å². The summed E-state index contributed by atoms with van der Waals surface area (Å²) in [6.07, 6.45) is 0.158. The molecular formula is C28H33N3O5. The molecule has 0 aromatic heterocycles. The lowest BCUT2D eigenvalue weighted by Gasteiger charge is -2.33. The van der Waals surface area contributed by atoms with Crippen LogP contribution in [0, 0.1) is 5.92 Å². The molecule has 2 aromatic rings. The number of Topliss-reactive ketones (excluding diaryl/α,β-unsaturated/α-hetero) is 1. The number of carbonyl (C=O) groups excluding carboxylic acids is 4. The van der Waals surface area contributed by atoms with Crippen molar-refractivity contribution >= 4 is 23.7 Å². The smallest absolute Gasteiger partial charge is 0.410 e. The second-order valence-electron chi connectivity index (χ2n) is 10.2. The van der Waals surface area contributed by atoms with Crippen LogP contribution in [0.1, 0.15) is 43.4 Å². The highest BCUT2D eigenvalue weighted by Gasteiger charge is 2.57. The molecule has 4 rings (SSSR count). The highest BCUT2D eigenvalue weighted by Crippen LogP contribution is 2.45. The lowest BCUT2D eigenvalue weighted by atomic mass is 9.79. The van der Waals surface area contributed by atoms with Crippen molar-refractivity contribution in [2.24, 2.45) is 11.7 Å². The molecule has 1 aliphatic heterocycles. The Balaban J connectivity index is 1.59. The summed E-state index contributed by atoms with van der Waals surface area (Å²) in [7, 11) is 1.53. The molecule has 8 heteroatoms. The van der Waals surface area contributed by atoms with Crippen molar-refractivity contribution in [2.75, 3.05) is 13.6 Å². The number of nitrogens with zero attached hydrogens (tertiary/aromatic N) is 2. The fourth-order valence-electron chi connectivity index (χ4n) is 5.43. The van der Waals surface area contributed by atoms with E-state index in [2.05, 4.69) is 0 Å². The van der Waals surface area contributed by atoms with E-state index < -0.39 is 35.4 Å². The van der Waals surface area contributed by atoms with E-state index in [9.17, 15) is 19.2 Å². The van der Waals surface area contributed by atoms with Crippen LogP contribution in [0.3, 0.4) is 0 Å². The summed E-state index contributed by atoms with van der Waals surface area (Å²) in [4.78, 5) is 55.3. The van der Waals surface area contributed by atoms with Gasteiger partial charge in [0.1, 0.15) is 24.5 Å². The van der Waals surface area contributed by atoms with Crippen molar-refractivity contribution in [2.45, 2.75) is 57.2 Å². The van der Waals surface area contributed by atoms with Gasteiger partial charge in [-0.15, -0.1) is 0 Å². The number of ether oxygens (including phenoxy) is 1. The Bertz CT molecular complexity index is 1160. The van der Waals surface area contributed by atoms with Gasteiger partial charge in [-0.25, -0.2) is 4.79 Å². The SMILES string of the molecule is CC(C)C[C@@H](C(=O)N1C[C@]2(C[C@H]1C(N)=O)C(=O)Cc1ccccc12)N(C)C(=O)OCc1ccccc1. The fraction of sp³-hybridized carbons (Fsp3) is 0.429. The van der Waals surface area contributed by atoms with Crippen LogP contribution in [0.4, 0.5) is 4.79 Å². The molecule has 0 radical (unpaired) electrons. The first-order chi connectivity index (χ1) is 17.1. The normalized spacial score (nSPS) is 21.5. The van der Waals surface area contributed by atoms with Gasteiger partial charge in [-0.3, -0.25) is 19.3 Å². The Labute approximate surface area is 211 Å². The zero-order chi connectivity index (χ0) is 26.0. The molecule has 3 amide bonds. The van der Waals surface area contributed by atoms with Crippen molar-refractivity contribution in [1.29, 1.82) is 0 Å². The van der Waals surface area contributed by atoms with E-state index in [4.69, 9.17) is 10.5 Å². The number of ketones is 1. The molecule has 2 aliphatic rings. The molecule has 0 saturated carbocycles. The number of rotatable bonds is 7. The quantitative estimate of drug-likeness (QED) is 0.641. The Kier molecular flexibility index (Phi) is 7.15. The zero-order valence-corrected chi connectivity index (χ0v) is 21.0. The van der Waals surface area contributed by atoms with Crippen LogP contribution in [-0.2, 0) is 37.6 Å².